The van der Waals surface area contributed by atoms with E-state index in [0.717, 1.165) is 11.0 Å². The molecule has 0 radical (unpaired) electrons. The molecule has 0 aliphatic heterocycles. The van der Waals surface area contributed by atoms with Crippen molar-refractivity contribution in [1.82, 2.24) is 4.90 Å². The lowest BCUT2D eigenvalue weighted by molar-refractivity contribution is -0.149. The average Bonchev–Trinajstić information content (AvgIpc) is 3.15. The van der Waals surface area contributed by atoms with Gasteiger partial charge in [-0.15, -0.1) is 0 Å². The summed E-state index contributed by atoms with van der Waals surface area (Å²) in [6.45, 7) is -1.58. The molecule has 1 fully saturated rings. The number of hydrogen-bond acceptors (Lipinski definition) is 3. The molecule has 116 valence electrons. The van der Waals surface area contributed by atoms with Crippen LogP contribution in [0.1, 0.15) is 12.8 Å². The SMILES string of the molecule is Nc1ccc(F)c(NC(=O)CN(CC(F)(F)F)C2CC2)c1. The van der Waals surface area contributed by atoms with Gasteiger partial charge in [-0.2, -0.15) is 13.2 Å². The fourth-order valence-electron chi connectivity index (χ4n) is 2.00. The lowest BCUT2D eigenvalue weighted by Gasteiger charge is -2.22. The number of carbonyl (C=O) groups excluding carboxylic acids is 1. The van der Waals surface area contributed by atoms with E-state index in [2.05, 4.69) is 5.32 Å². The van der Waals surface area contributed by atoms with Gasteiger partial charge in [-0.3, -0.25) is 9.69 Å². The number of nitrogens with zero attached hydrogens (tertiary/aromatic N) is 1. The first-order chi connectivity index (χ1) is 9.74. The largest absolute Gasteiger partial charge is 0.401 e. The molecule has 3 N–H and O–H groups in total. The Morgan fingerprint density at radius 3 is 2.62 bits per heavy atom. The van der Waals surface area contributed by atoms with E-state index in [0.29, 0.717) is 12.8 Å². The number of amides is 1. The van der Waals surface area contributed by atoms with Crippen LogP contribution in [0.5, 0.6) is 0 Å². The summed E-state index contributed by atoms with van der Waals surface area (Å²) in [5, 5.41) is 2.25. The maximum atomic E-state index is 13.4. The zero-order valence-electron chi connectivity index (χ0n) is 11.1. The van der Waals surface area contributed by atoms with E-state index >= 15 is 0 Å². The van der Waals surface area contributed by atoms with Crippen molar-refractivity contribution in [2.24, 2.45) is 0 Å². The maximum Gasteiger partial charge on any atom is 0.401 e. The lowest BCUT2D eigenvalue weighted by Crippen LogP contribution is -2.41. The summed E-state index contributed by atoms with van der Waals surface area (Å²) in [6, 6.07) is 3.39. The Hall–Kier alpha value is -1.83. The van der Waals surface area contributed by atoms with Gasteiger partial charge in [-0.1, -0.05) is 0 Å². The monoisotopic (exact) mass is 305 g/mol. The highest BCUT2D eigenvalue weighted by Crippen LogP contribution is 2.30. The Bertz CT molecular complexity index is 529. The molecule has 1 aromatic rings. The Morgan fingerprint density at radius 1 is 1.38 bits per heavy atom. The summed E-state index contributed by atoms with van der Waals surface area (Å²) in [7, 11) is 0. The standard InChI is InChI=1S/C13H15F4N3O/c14-10-4-1-8(18)5-11(10)19-12(21)6-20(9-2-3-9)7-13(15,16)17/h1,4-5,9H,2-3,6-7,18H2,(H,19,21). The van der Waals surface area contributed by atoms with Crippen molar-refractivity contribution >= 4 is 17.3 Å². The number of hydrogen-bond donors (Lipinski definition) is 2. The van der Waals surface area contributed by atoms with Gasteiger partial charge in [0.1, 0.15) is 5.82 Å². The third-order valence-corrected chi connectivity index (χ3v) is 3.06. The fraction of sp³-hybridized carbons (Fsp3) is 0.462. The topological polar surface area (TPSA) is 58.4 Å². The Labute approximate surface area is 118 Å². The predicted molar refractivity (Wildman–Crippen MR) is 70.1 cm³/mol. The van der Waals surface area contributed by atoms with Gasteiger partial charge in [-0.25, -0.2) is 4.39 Å². The number of halogens is 4. The number of carbonyl (C=O) groups is 1. The molecule has 0 unspecified atom stereocenters. The molecular weight excluding hydrogens is 290 g/mol. The van der Waals surface area contributed by atoms with E-state index < -0.39 is 31.0 Å². The molecule has 0 aromatic heterocycles. The van der Waals surface area contributed by atoms with Crippen molar-refractivity contribution in [2.75, 3.05) is 24.1 Å². The molecule has 1 aliphatic rings. The smallest absolute Gasteiger partial charge is 0.399 e. The summed E-state index contributed by atoms with van der Waals surface area (Å²) in [6.07, 6.45) is -3.10. The Balaban J connectivity index is 1.97. The number of alkyl halides is 3. The molecular formula is C13H15F4N3O. The van der Waals surface area contributed by atoms with Crippen LogP contribution in [0.2, 0.25) is 0 Å². The van der Waals surface area contributed by atoms with Crippen LogP contribution in [0.25, 0.3) is 0 Å². The highest BCUT2D eigenvalue weighted by Gasteiger charge is 2.38. The lowest BCUT2D eigenvalue weighted by atomic mass is 10.2. The summed E-state index contributed by atoms with van der Waals surface area (Å²) < 4.78 is 50.8. The van der Waals surface area contributed by atoms with Crippen molar-refractivity contribution < 1.29 is 22.4 Å². The molecule has 1 amide bonds. The number of nitrogens with two attached hydrogens (primary N) is 1. The van der Waals surface area contributed by atoms with E-state index in [-0.39, 0.29) is 17.4 Å². The van der Waals surface area contributed by atoms with E-state index in [4.69, 9.17) is 5.73 Å². The van der Waals surface area contributed by atoms with Crippen molar-refractivity contribution in [3.63, 3.8) is 0 Å². The fourth-order valence-corrected chi connectivity index (χ4v) is 2.00. The Kier molecular flexibility index (Phi) is 4.36. The van der Waals surface area contributed by atoms with E-state index in [1.54, 1.807) is 0 Å². The van der Waals surface area contributed by atoms with E-state index in [1.165, 1.54) is 12.1 Å². The number of anilines is 2. The van der Waals surface area contributed by atoms with Gasteiger partial charge in [-0.05, 0) is 31.0 Å². The second-order valence-electron chi connectivity index (χ2n) is 5.04. The van der Waals surface area contributed by atoms with Gasteiger partial charge in [0.2, 0.25) is 5.91 Å². The van der Waals surface area contributed by atoms with Gasteiger partial charge in [0, 0.05) is 11.7 Å². The van der Waals surface area contributed by atoms with Gasteiger partial charge < -0.3 is 11.1 Å². The first-order valence-electron chi connectivity index (χ1n) is 6.40. The second-order valence-corrected chi connectivity index (χ2v) is 5.04. The molecule has 4 nitrogen and oxygen atoms in total. The maximum absolute atomic E-state index is 13.4. The normalized spacial score (nSPS) is 15.3. The van der Waals surface area contributed by atoms with Gasteiger partial charge in [0.15, 0.2) is 0 Å². The van der Waals surface area contributed by atoms with Crippen LogP contribution in [-0.2, 0) is 4.79 Å². The van der Waals surface area contributed by atoms with Crippen LogP contribution in [0.4, 0.5) is 28.9 Å². The molecule has 0 saturated heterocycles. The zero-order chi connectivity index (χ0) is 15.6. The molecule has 1 saturated carbocycles. The molecule has 1 aliphatic carbocycles. The average molecular weight is 305 g/mol. The minimum absolute atomic E-state index is 0.136. The van der Waals surface area contributed by atoms with Crippen LogP contribution >= 0.6 is 0 Å². The van der Waals surface area contributed by atoms with E-state index in [1.807, 2.05) is 0 Å². The summed E-state index contributed by atoms with van der Waals surface area (Å²) >= 11 is 0. The molecule has 0 spiro atoms. The second kappa shape index (κ2) is 5.88. The summed E-state index contributed by atoms with van der Waals surface area (Å²) in [5.41, 5.74) is 5.58. The molecule has 8 heteroatoms. The minimum Gasteiger partial charge on any atom is -0.399 e. The molecule has 1 aromatic carbocycles. The number of rotatable bonds is 5. The van der Waals surface area contributed by atoms with Crippen LogP contribution < -0.4 is 11.1 Å². The van der Waals surface area contributed by atoms with Crippen molar-refractivity contribution in [1.29, 1.82) is 0 Å². The molecule has 0 atom stereocenters. The molecule has 21 heavy (non-hydrogen) atoms. The Morgan fingerprint density at radius 2 is 2.05 bits per heavy atom. The third kappa shape index (κ3) is 4.89. The van der Waals surface area contributed by atoms with Crippen molar-refractivity contribution in [2.45, 2.75) is 25.1 Å². The van der Waals surface area contributed by atoms with Gasteiger partial charge in [0.25, 0.3) is 0 Å². The van der Waals surface area contributed by atoms with Gasteiger partial charge >= 0.3 is 6.18 Å². The van der Waals surface area contributed by atoms with Crippen LogP contribution in [0.3, 0.4) is 0 Å². The summed E-state index contributed by atoms with van der Waals surface area (Å²) in [5.74, 6) is -1.39. The number of nitrogens with one attached hydrogen (secondary N) is 1. The minimum atomic E-state index is -4.37. The number of nitrogen functional groups attached to an aromatic ring is 1. The highest BCUT2D eigenvalue weighted by atomic mass is 19.4. The van der Waals surface area contributed by atoms with Gasteiger partial charge in [0.05, 0.1) is 18.8 Å². The first kappa shape index (κ1) is 15.6. The third-order valence-electron chi connectivity index (χ3n) is 3.06. The first-order valence-corrected chi connectivity index (χ1v) is 6.40. The van der Waals surface area contributed by atoms with Crippen molar-refractivity contribution in [3.05, 3.63) is 24.0 Å². The number of benzene rings is 1. The molecule has 2 rings (SSSR count). The predicted octanol–water partition coefficient (Wildman–Crippen LogP) is 2.37. The molecule has 0 heterocycles. The quantitative estimate of drug-likeness (QED) is 0.648. The molecule has 0 bridgehead atoms. The zero-order valence-corrected chi connectivity index (χ0v) is 11.1. The van der Waals surface area contributed by atoms with E-state index in [9.17, 15) is 22.4 Å². The van der Waals surface area contributed by atoms with Crippen LogP contribution in [0, 0.1) is 5.82 Å². The van der Waals surface area contributed by atoms with Crippen molar-refractivity contribution in [3.8, 4) is 0 Å². The summed E-state index contributed by atoms with van der Waals surface area (Å²) in [4.78, 5) is 12.8. The van der Waals surface area contributed by atoms with Crippen LogP contribution in [-0.4, -0.2) is 36.1 Å². The van der Waals surface area contributed by atoms with Crippen LogP contribution in [0.15, 0.2) is 18.2 Å². The highest BCUT2D eigenvalue weighted by molar-refractivity contribution is 5.92.